The molecule has 2 aliphatic rings. The SMILES string of the molecule is O=C(CC1=CCCCC1)NCCn1cnnc1C1CC1. The Morgan fingerprint density at radius 2 is 2.30 bits per heavy atom. The molecule has 108 valence electrons. The number of nitrogens with one attached hydrogen (secondary N) is 1. The third kappa shape index (κ3) is 3.46. The average molecular weight is 274 g/mol. The van der Waals surface area contributed by atoms with Gasteiger partial charge in [0.05, 0.1) is 0 Å². The Morgan fingerprint density at radius 1 is 1.40 bits per heavy atom. The number of allylic oxidation sites excluding steroid dienone is 1. The number of rotatable bonds is 6. The zero-order chi connectivity index (χ0) is 13.8. The van der Waals surface area contributed by atoms with Crippen LogP contribution in [0.15, 0.2) is 18.0 Å². The second kappa shape index (κ2) is 6.20. The lowest BCUT2D eigenvalue weighted by molar-refractivity contribution is -0.120. The molecule has 5 heteroatoms. The van der Waals surface area contributed by atoms with Crippen molar-refractivity contribution in [3.8, 4) is 0 Å². The fraction of sp³-hybridized carbons (Fsp3) is 0.667. The molecule has 20 heavy (non-hydrogen) atoms. The highest BCUT2D eigenvalue weighted by atomic mass is 16.1. The minimum atomic E-state index is 0.138. The second-order valence-corrected chi connectivity index (χ2v) is 5.79. The monoisotopic (exact) mass is 274 g/mol. The lowest BCUT2D eigenvalue weighted by Gasteiger charge is -2.13. The van der Waals surface area contributed by atoms with Crippen molar-refractivity contribution in [1.82, 2.24) is 20.1 Å². The third-order valence-electron chi connectivity index (χ3n) is 4.04. The first-order valence-corrected chi connectivity index (χ1v) is 7.65. The van der Waals surface area contributed by atoms with E-state index in [0.29, 0.717) is 18.9 Å². The molecule has 1 fully saturated rings. The molecule has 0 saturated heterocycles. The number of aromatic nitrogens is 3. The smallest absolute Gasteiger partial charge is 0.224 e. The summed E-state index contributed by atoms with van der Waals surface area (Å²) in [5.74, 6) is 1.81. The molecule has 0 bridgehead atoms. The first-order chi connectivity index (χ1) is 9.83. The van der Waals surface area contributed by atoms with Gasteiger partial charge in [0.25, 0.3) is 0 Å². The van der Waals surface area contributed by atoms with E-state index in [4.69, 9.17) is 0 Å². The van der Waals surface area contributed by atoms with Gasteiger partial charge in [0.2, 0.25) is 5.91 Å². The zero-order valence-electron chi connectivity index (χ0n) is 11.8. The van der Waals surface area contributed by atoms with E-state index in [1.807, 2.05) is 0 Å². The summed E-state index contributed by atoms with van der Waals surface area (Å²) in [7, 11) is 0. The Kier molecular flexibility index (Phi) is 4.14. The Hall–Kier alpha value is -1.65. The third-order valence-corrected chi connectivity index (χ3v) is 4.04. The number of hydrogen-bond acceptors (Lipinski definition) is 3. The average Bonchev–Trinajstić information content (AvgIpc) is 3.20. The molecule has 0 spiro atoms. The van der Waals surface area contributed by atoms with Crippen LogP contribution in [0.4, 0.5) is 0 Å². The van der Waals surface area contributed by atoms with E-state index >= 15 is 0 Å². The minimum Gasteiger partial charge on any atom is -0.354 e. The Balaban J connectivity index is 1.41. The first-order valence-electron chi connectivity index (χ1n) is 7.65. The summed E-state index contributed by atoms with van der Waals surface area (Å²) in [5, 5.41) is 11.1. The molecule has 1 aromatic heterocycles. The highest BCUT2D eigenvalue weighted by Crippen LogP contribution is 2.38. The molecule has 0 aliphatic heterocycles. The van der Waals surface area contributed by atoms with Crippen LogP contribution >= 0.6 is 0 Å². The van der Waals surface area contributed by atoms with E-state index < -0.39 is 0 Å². The number of carbonyl (C=O) groups excluding carboxylic acids is 1. The summed E-state index contributed by atoms with van der Waals surface area (Å²) >= 11 is 0. The molecule has 1 aromatic rings. The van der Waals surface area contributed by atoms with Gasteiger partial charge in [-0.3, -0.25) is 4.79 Å². The predicted molar refractivity (Wildman–Crippen MR) is 76.2 cm³/mol. The van der Waals surface area contributed by atoms with E-state index in [1.54, 1.807) is 6.33 Å². The Labute approximate surface area is 119 Å². The number of carbonyl (C=O) groups is 1. The molecule has 1 saturated carbocycles. The fourth-order valence-electron chi connectivity index (χ4n) is 2.74. The summed E-state index contributed by atoms with van der Waals surface area (Å²) in [6, 6.07) is 0. The van der Waals surface area contributed by atoms with Gasteiger partial charge in [-0.15, -0.1) is 10.2 Å². The second-order valence-electron chi connectivity index (χ2n) is 5.79. The fourth-order valence-corrected chi connectivity index (χ4v) is 2.74. The van der Waals surface area contributed by atoms with Gasteiger partial charge in [-0.25, -0.2) is 0 Å². The molecule has 0 atom stereocenters. The highest BCUT2D eigenvalue weighted by molar-refractivity contribution is 5.78. The van der Waals surface area contributed by atoms with Crippen LogP contribution in [0.5, 0.6) is 0 Å². The summed E-state index contributed by atoms with van der Waals surface area (Å²) in [6.45, 7) is 1.42. The van der Waals surface area contributed by atoms with E-state index in [1.165, 1.54) is 31.3 Å². The van der Waals surface area contributed by atoms with Crippen LogP contribution in [0, 0.1) is 0 Å². The standard InChI is InChI=1S/C15H22N4O/c20-14(10-12-4-2-1-3-5-12)16-8-9-19-11-17-18-15(19)13-6-7-13/h4,11,13H,1-3,5-10H2,(H,16,20). The number of hydrogen-bond donors (Lipinski definition) is 1. The van der Waals surface area contributed by atoms with Gasteiger partial charge in [0.15, 0.2) is 0 Å². The summed E-state index contributed by atoms with van der Waals surface area (Å²) in [4.78, 5) is 11.9. The number of amides is 1. The normalized spacial score (nSPS) is 18.7. The van der Waals surface area contributed by atoms with Gasteiger partial charge < -0.3 is 9.88 Å². The summed E-state index contributed by atoms with van der Waals surface area (Å²) < 4.78 is 2.07. The number of nitrogens with zero attached hydrogens (tertiary/aromatic N) is 3. The van der Waals surface area contributed by atoms with Crippen molar-refractivity contribution >= 4 is 5.91 Å². The van der Waals surface area contributed by atoms with Crippen molar-refractivity contribution in [2.24, 2.45) is 0 Å². The lowest BCUT2D eigenvalue weighted by atomic mass is 9.97. The largest absolute Gasteiger partial charge is 0.354 e. The molecular formula is C15H22N4O. The van der Waals surface area contributed by atoms with Crippen LogP contribution in [0.3, 0.4) is 0 Å². The van der Waals surface area contributed by atoms with E-state index in [2.05, 4.69) is 26.2 Å². The van der Waals surface area contributed by atoms with Crippen LogP contribution in [0.25, 0.3) is 0 Å². The van der Waals surface area contributed by atoms with Crippen molar-refractivity contribution in [2.45, 2.75) is 57.4 Å². The van der Waals surface area contributed by atoms with Gasteiger partial charge in [0, 0.05) is 25.4 Å². The lowest BCUT2D eigenvalue weighted by Crippen LogP contribution is -2.27. The van der Waals surface area contributed by atoms with Crippen molar-refractivity contribution in [1.29, 1.82) is 0 Å². The highest BCUT2D eigenvalue weighted by Gasteiger charge is 2.28. The summed E-state index contributed by atoms with van der Waals surface area (Å²) in [6.07, 6.45) is 11.7. The molecule has 0 unspecified atom stereocenters. The molecule has 5 nitrogen and oxygen atoms in total. The van der Waals surface area contributed by atoms with Gasteiger partial charge >= 0.3 is 0 Å². The molecular weight excluding hydrogens is 252 g/mol. The molecule has 0 radical (unpaired) electrons. The topological polar surface area (TPSA) is 59.8 Å². The maximum Gasteiger partial charge on any atom is 0.224 e. The van der Waals surface area contributed by atoms with Crippen LogP contribution in [-0.2, 0) is 11.3 Å². The molecule has 3 rings (SSSR count). The van der Waals surface area contributed by atoms with E-state index in [-0.39, 0.29) is 5.91 Å². The van der Waals surface area contributed by atoms with E-state index in [9.17, 15) is 4.79 Å². The van der Waals surface area contributed by atoms with E-state index in [0.717, 1.165) is 25.2 Å². The van der Waals surface area contributed by atoms with Gasteiger partial charge in [-0.05, 0) is 38.5 Å². The first kappa shape index (κ1) is 13.3. The molecule has 1 amide bonds. The van der Waals surface area contributed by atoms with Gasteiger partial charge in [-0.2, -0.15) is 0 Å². The molecule has 1 heterocycles. The Bertz CT molecular complexity index is 502. The molecule has 1 N–H and O–H groups in total. The maximum absolute atomic E-state index is 11.9. The Morgan fingerprint density at radius 3 is 3.05 bits per heavy atom. The maximum atomic E-state index is 11.9. The molecule has 0 aromatic carbocycles. The van der Waals surface area contributed by atoms with Crippen LogP contribution in [0.2, 0.25) is 0 Å². The van der Waals surface area contributed by atoms with Gasteiger partial charge in [0.1, 0.15) is 12.2 Å². The molecule has 2 aliphatic carbocycles. The van der Waals surface area contributed by atoms with Crippen molar-refractivity contribution in [3.63, 3.8) is 0 Å². The minimum absolute atomic E-state index is 0.138. The zero-order valence-corrected chi connectivity index (χ0v) is 11.8. The van der Waals surface area contributed by atoms with Crippen LogP contribution in [0.1, 0.15) is 56.7 Å². The van der Waals surface area contributed by atoms with Crippen LogP contribution < -0.4 is 5.32 Å². The van der Waals surface area contributed by atoms with Gasteiger partial charge in [-0.1, -0.05) is 11.6 Å². The van der Waals surface area contributed by atoms with Crippen molar-refractivity contribution < 1.29 is 4.79 Å². The van der Waals surface area contributed by atoms with Crippen molar-refractivity contribution in [3.05, 3.63) is 23.8 Å². The van der Waals surface area contributed by atoms with Crippen LogP contribution in [-0.4, -0.2) is 27.2 Å². The summed E-state index contributed by atoms with van der Waals surface area (Å²) in [5.41, 5.74) is 1.30. The quantitative estimate of drug-likeness (QED) is 0.809. The predicted octanol–water partition coefficient (Wildman–Crippen LogP) is 2.16. The van der Waals surface area contributed by atoms with Crippen molar-refractivity contribution in [2.75, 3.05) is 6.54 Å².